The molecular weight excluding hydrogens is 140 g/mol. The quantitative estimate of drug-likeness (QED) is 0.671. The summed E-state index contributed by atoms with van der Waals surface area (Å²) in [6.07, 6.45) is 1.88. The van der Waals surface area contributed by atoms with E-state index in [-0.39, 0.29) is 6.10 Å². The molecule has 3 heteroatoms. The molecule has 0 saturated carbocycles. The van der Waals surface area contributed by atoms with Gasteiger partial charge in [0.25, 0.3) is 0 Å². The molecule has 0 bridgehead atoms. The summed E-state index contributed by atoms with van der Waals surface area (Å²) >= 11 is 0. The van der Waals surface area contributed by atoms with Crippen molar-refractivity contribution in [3.63, 3.8) is 0 Å². The molecule has 1 aromatic rings. The maximum Gasteiger partial charge on any atom is 0.149 e. The molecule has 0 aliphatic carbocycles. The zero-order chi connectivity index (χ0) is 8.10. The Hall–Kier alpha value is -1.09. The minimum absolute atomic E-state index is 0.164. The lowest BCUT2D eigenvalue weighted by Gasteiger charge is -2.07. The van der Waals surface area contributed by atoms with Gasteiger partial charge in [0.1, 0.15) is 5.82 Å². The van der Waals surface area contributed by atoms with E-state index in [0.717, 1.165) is 5.82 Å². The lowest BCUT2D eigenvalue weighted by Crippen LogP contribution is -2.09. The molecule has 0 saturated heterocycles. The molecule has 0 spiro atoms. The molecule has 0 fully saturated rings. The molecule has 0 atom stereocenters. The van der Waals surface area contributed by atoms with Crippen LogP contribution in [0.25, 0.3) is 0 Å². The monoisotopic (exact) mass is 152 g/mol. The average molecular weight is 152 g/mol. The lowest BCUT2D eigenvalue weighted by molar-refractivity contribution is 0.129. The molecule has 0 aliphatic heterocycles. The van der Waals surface area contributed by atoms with Gasteiger partial charge in [-0.15, -0.1) is 0 Å². The Kier molecular flexibility index (Phi) is 2.86. The fraction of sp³-hybridized carbons (Fsp3) is 0.375. The molecule has 0 unspecified atom stereocenters. The highest BCUT2D eigenvalue weighted by molar-refractivity contribution is 5.29. The zero-order valence-electron chi connectivity index (χ0n) is 6.74. The molecule has 0 aromatic carbocycles. The van der Waals surface area contributed by atoms with Crippen molar-refractivity contribution in [2.45, 2.75) is 20.0 Å². The fourth-order valence-corrected chi connectivity index (χ4v) is 0.601. The van der Waals surface area contributed by atoms with Crippen molar-refractivity contribution < 1.29 is 4.84 Å². The van der Waals surface area contributed by atoms with Crippen LogP contribution in [0.1, 0.15) is 13.8 Å². The smallest absolute Gasteiger partial charge is 0.149 e. The first kappa shape index (κ1) is 8.01. The summed E-state index contributed by atoms with van der Waals surface area (Å²) in [7, 11) is 0. The van der Waals surface area contributed by atoms with Gasteiger partial charge in [-0.2, -0.15) is 0 Å². The Labute approximate surface area is 66.4 Å². The molecule has 1 heterocycles. The summed E-state index contributed by atoms with van der Waals surface area (Å²) in [4.78, 5) is 9.13. The van der Waals surface area contributed by atoms with Crippen molar-refractivity contribution in [3.05, 3.63) is 24.4 Å². The first-order chi connectivity index (χ1) is 5.29. The maximum absolute atomic E-state index is 5.12. The molecule has 1 N–H and O–H groups in total. The standard InChI is InChI=1S/C8H12N2O/c1-7(2)11-10-8-5-3-4-6-9-8/h3-7H,1-2H3,(H,9,10). The second kappa shape index (κ2) is 3.93. The maximum atomic E-state index is 5.12. The Bertz CT molecular complexity index is 199. The summed E-state index contributed by atoms with van der Waals surface area (Å²) in [5, 5.41) is 0. The van der Waals surface area contributed by atoms with E-state index in [1.165, 1.54) is 0 Å². The number of nitrogens with one attached hydrogen (secondary N) is 1. The van der Waals surface area contributed by atoms with Gasteiger partial charge in [0, 0.05) is 6.20 Å². The van der Waals surface area contributed by atoms with Gasteiger partial charge < -0.3 is 0 Å². The lowest BCUT2D eigenvalue weighted by atomic mass is 10.5. The highest BCUT2D eigenvalue weighted by Crippen LogP contribution is 2.00. The van der Waals surface area contributed by atoms with E-state index in [2.05, 4.69) is 10.5 Å². The molecule has 60 valence electrons. The van der Waals surface area contributed by atoms with E-state index in [1.54, 1.807) is 6.20 Å². The van der Waals surface area contributed by atoms with Gasteiger partial charge in [-0.25, -0.2) is 10.5 Å². The highest BCUT2D eigenvalue weighted by Gasteiger charge is 1.92. The van der Waals surface area contributed by atoms with Crippen LogP contribution in [0.3, 0.4) is 0 Å². The predicted molar refractivity (Wildman–Crippen MR) is 44.1 cm³/mol. The molecule has 0 radical (unpaired) electrons. The van der Waals surface area contributed by atoms with Crippen LogP contribution < -0.4 is 5.48 Å². The van der Waals surface area contributed by atoms with E-state index in [1.807, 2.05) is 32.0 Å². The largest absolute Gasteiger partial charge is 0.272 e. The van der Waals surface area contributed by atoms with Crippen molar-refractivity contribution in [2.75, 3.05) is 5.48 Å². The van der Waals surface area contributed by atoms with Gasteiger partial charge >= 0.3 is 0 Å². The number of aromatic nitrogens is 1. The molecule has 0 amide bonds. The number of hydrogen-bond acceptors (Lipinski definition) is 3. The topological polar surface area (TPSA) is 34.1 Å². The first-order valence-corrected chi connectivity index (χ1v) is 3.62. The molecule has 0 aliphatic rings. The van der Waals surface area contributed by atoms with Crippen LogP contribution in [0, 0.1) is 0 Å². The highest BCUT2D eigenvalue weighted by atomic mass is 16.7. The van der Waals surface area contributed by atoms with Crippen LogP contribution in [-0.2, 0) is 4.84 Å². The van der Waals surface area contributed by atoms with E-state index < -0.39 is 0 Å². The predicted octanol–water partition coefficient (Wildman–Crippen LogP) is 1.83. The Morgan fingerprint density at radius 2 is 2.27 bits per heavy atom. The van der Waals surface area contributed by atoms with Crippen LogP contribution >= 0.6 is 0 Å². The number of nitrogens with zero attached hydrogens (tertiary/aromatic N) is 1. The van der Waals surface area contributed by atoms with Crippen molar-refractivity contribution in [1.82, 2.24) is 4.98 Å². The number of rotatable bonds is 3. The normalized spacial score (nSPS) is 10.1. The first-order valence-electron chi connectivity index (χ1n) is 3.62. The molecule has 3 nitrogen and oxygen atoms in total. The Balaban J connectivity index is 2.39. The second-order valence-electron chi connectivity index (χ2n) is 2.48. The summed E-state index contributed by atoms with van der Waals surface area (Å²) in [5.41, 5.74) is 2.73. The summed E-state index contributed by atoms with van der Waals surface area (Å²) in [6.45, 7) is 3.91. The summed E-state index contributed by atoms with van der Waals surface area (Å²) in [6, 6.07) is 5.61. The SMILES string of the molecule is CC(C)ONc1ccccn1. The molecular formula is C8H12N2O. The van der Waals surface area contributed by atoms with Crippen LogP contribution in [0.2, 0.25) is 0 Å². The van der Waals surface area contributed by atoms with Crippen LogP contribution in [0.5, 0.6) is 0 Å². The Morgan fingerprint density at radius 3 is 2.82 bits per heavy atom. The van der Waals surface area contributed by atoms with E-state index in [9.17, 15) is 0 Å². The van der Waals surface area contributed by atoms with Gasteiger partial charge in [0.05, 0.1) is 6.10 Å². The van der Waals surface area contributed by atoms with Gasteiger partial charge in [0.2, 0.25) is 0 Å². The van der Waals surface area contributed by atoms with Crippen LogP contribution in [-0.4, -0.2) is 11.1 Å². The van der Waals surface area contributed by atoms with Gasteiger partial charge in [-0.3, -0.25) is 4.84 Å². The van der Waals surface area contributed by atoms with Gasteiger partial charge in [-0.1, -0.05) is 6.07 Å². The summed E-state index contributed by atoms with van der Waals surface area (Å²) < 4.78 is 0. The van der Waals surface area contributed by atoms with Crippen molar-refractivity contribution >= 4 is 5.82 Å². The zero-order valence-corrected chi connectivity index (χ0v) is 6.74. The Morgan fingerprint density at radius 1 is 1.45 bits per heavy atom. The number of pyridine rings is 1. The summed E-state index contributed by atoms with van der Waals surface area (Å²) in [5.74, 6) is 0.737. The van der Waals surface area contributed by atoms with Gasteiger partial charge in [-0.05, 0) is 26.0 Å². The molecule has 1 rings (SSSR count). The van der Waals surface area contributed by atoms with E-state index in [0.29, 0.717) is 0 Å². The third-order valence-electron chi connectivity index (χ3n) is 1.06. The van der Waals surface area contributed by atoms with E-state index >= 15 is 0 Å². The minimum Gasteiger partial charge on any atom is -0.272 e. The minimum atomic E-state index is 0.164. The third-order valence-corrected chi connectivity index (χ3v) is 1.06. The molecule has 11 heavy (non-hydrogen) atoms. The van der Waals surface area contributed by atoms with Crippen LogP contribution in [0.4, 0.5) is 5.82 Å². The van der Waals surface area contributed by atoms with Gasteiger partial charge in [0.15, 0.2) is 0 Å². The third kappa shape index (κ3) is 3.00. The van der Waals surface area contributed by atoms with Crippen LogP contribution in [0.15, 0.2) is 24.4 Å². The fourth-order valence-electron chi connectivity index (χ4n) is 0.601. The average Bonchev–Trinajstić information content (AvgIpc) is 2.03. The van der Waals surface area contributed by atoms with E-state index in [4.69, 9.17) is 4.84 Å². The number of anilines is 1. The van der Waals surface area contributed by atoms with Crippen molar-refractivity contribution in [1.29, 1.82) is 0 Å². The van der Waals surface area contributed by atoms with Crippen molar-refractivity contribution in [3.8, 4) is 0 Å². The second-order valence-corrected chi connectivity index (χ2v) is 2.48. The molecule has 1 aromatic heterocycles. The number of hydrogen-bond donors (Lipinski definition) is 1. The van der Waals surface area contributed by atoms with Crippen molar-refractivity contribution in [2.24, 2.45) is 0 Å².